The van der Waals surface area contributed by atoms with Crippen molar-refractivity contribution in [3.05, 3.63) is 40.6 Å². The van der Waals surface area contributed by atoms with Gasteiger partial charge in [-0.2, -0.15) is 0 Å². The molecule has 7 heteroatoms. The maximum atomic E-state index is 11.4. The molecule has 0 aliphatic carbocycles. The summed E-state index contributed by atoms with van der Waals surface area (Å²) in [6.45, 7) is 3.83. The highest BCUT2D eigenvalue weighted by Crippen LogP contribution is 2.25. The smallest absolute Gasteiger partial charge is 0.161 e. The fraction of sp³-hybridized carbons (Fsp3) is 0.286. The van der Waals surface area contributed by atoms with Crippen molar-refractivity contribution >= 4 is 28.9 Å². The van der Waals surface area contributed by atoms with Crippen LogP contribution >= 0.6 is 11.6 Å². The van der Waals surface area contributed by atoms with E-state index in [-0.39, 0.29) is 5.78 Å². The number of ketones is 1. The van der Waals surface area contributed by atoms with Crippen LogP contribution in [0.4, 0.5) is 11.5 Å². The minimum absolute atomic E-state index is 0.0135. The molecule has 0 aliphatic rings. The van der Waals surface area contributed by atoms with Crippen LogP contribution in [0.15, 0.2) is 18.5 Å². The van der Waals surface area contributed by atoms with Crippen LogP contribution in [0.5, 0.6) is 0 Å². The number of carbonyl (C=O) groups is 1. The average Bonchev–Trinajstić information content (AvgIpc) is 2.44. The zero-order valence-corrected chi connectivity index (χ0v) is 12.8. The van der Waals surface area contributed by atoms with Crippen LogP contribution in [0.25, 0.3) is 0 Å². The van der Waals surface area contributed by atoms with Crippen molar-refractivity contribution in [1.29, 1.82) is 0 Å². The summed E-state index contributed by atoms with van der Waals surface area (Å²) in [5.41, 5.74) is 2.81. The minimum atomic E-state index is 0.0135. The first-order valence-corrected chi connectivity index (χ1v) is 6.80. The topological polar surface area (TPSA) is 79.8 Å². The van der Waals surface area contributed by atoms with Crippen molar-refractivity contribution in [3.8, 4) is 0 Å². The molecule has 2 aromatic rings. The van der Waals surface area contributed by atoms with Crippen LogP contribution < -0.4 is 10.6 Å². The number of hydrogen-bond donors (Lipinski definition) is 2. The molecule has 2 heterocycles. The molecule has 110 valence electrons. The van der Waals surface area contributed by atoms with Gasteiger partial charge < -0.3 is 10.6 Å². The molecule has 0 aliphatic heterocycles. The molecule has 21 heavy (non-hydrogen) atoms. The standard InChI is InChI=1S/C14H16ClN5O/c1-8-11(9(2)21)5-4-10(20-8)6-17-14-12(16-3)13(15)18-7-19-14/h4-5,7,16H,6H2,1-3H3,(H,17,18,19). The average molecular weight is 306 g/mol. The molecule has 2 rings (SSSR count). The van der Waals surface area contributed by atoms with Crippen molar-refractivity contribution in [1.82, 2.24) is 15.0 Å². The monoisotopic (exact) mass is 305 g/mol. The van der Waals surface area contributed by atoms with E-state index in [1.54, 1.807) is 13.1 Å². The molecule has 0 amide bonds. The number of anilines is 2. The summed E-state index contributed by atoms with van der Waals surface area (Å²) < 4.78 is 0. The molecule has 6 nitrogen and oxygen atoms in total. The number of nitrogens with zero attached hydrogens (tertiary/aromatic N) is 3. The Bertz CT molecular complexity index is 674. The predicted molar refractivity (Wildman–Crippen MR) is 82.9 cm³/mol. The van der Waals surface area contributed by atoms with Crippen molar-refractivity contribution in [2.75, 3.05) is 17.7 Å². The van der Waals surface area contributed by atoms with Crippen molar-refractivity contribution in [2.45, 2.75) is 20.4 Å². The number of halogens is 1. The second-order valence-corrected chi connectivity index (χ2v) is 4.84. The van der Waals surface area contributed by atoms with E-state index in [4.69, 9.17) is 11.6 Å². The van der Waals surface area contributed by atoms with Crippen LogP contribution in [0.1, 0.15) is 28.7 Å². The molecule has 0 spiro atoms. The Hall–Kier alpha value is -2.21. The van der Waals surface area contributed by atoms with Gasteiger partial charge in [0, 0.05) is 18.3 Å². The summed E-state index contributed by atoms with van der Waals surface area (Å²) >= 11 is 5.99. The molecule has 0 fully saturated rings. The molecule has 0 radical (unpaired) electrons. The lowest BCUT2D eigenvalue weighted by atomic mass is 10.1. The maximum Gasteiger partial charge on any atom is 0.161 e. The van der Waals surface area contributed by atoms with Gasteiger partial charge in [-0.3, -0.25) is 9.78 Å². The molecule has 0 unspecified atom stereocenters. The van der Waals surface area contributed by atoms with E-state index < -0.39 is 0 Å². The Kier molecular flexibility index (Phi) is 4.70. The largest absolute Gasteiger partial charge is 0.383 e. The van der Waals surface area contributed by atoms with Gasteiger partial charge in [0.2, 0.25) is 0 Å². The van der Waals surface area contributed by atoms with Gasteiger partial charge in [-0.15, -0.1) is 0 Å². The van der Waals surface area contributed by atoms with Crippen LogP contribution in [0.2, 0.25) is 5.15 Å². The molecular weight excluding hydrogens is 290 g/mol. The summed E-state index contributed by atoms with van der Waals surface area (Å²) in [5, 5.41) is 6.46. The van der Waals surface area contributed by atoms with Gasteiger partial charge in [0.25, 0.3) is 0 Å². The van der Waals surface area contributed by atoms with Crippen molar-refractivity contribution < 1.29 is 4.79 Å². The number of aryl methyl sites for hydroxylation is 1. The third-order valence-electron chi connectivity index (χ3n) is 3.01. The summed E-state index contributed by atoms with van der Waals surface area (Å²) in [6.07, 6.45) is 1.39. The van der Waals surface area contributed by atoms with Gasteiger partial charge in [0.15, 0.2) is 16.8 Å². The van der Waals surface area contributed by atoms with E-state index in [2.05, 4.69) is 25.6 Å². The highest BCUT2D eigenvalue weighted by atomic mass is 35.5. The Morgan fingerprint density at radius 2 is 2.10 bits per heavy atom. The highest BCUT2D eigenvalue weighted by molar-refractivity contribution is 6.32. The Balaban J connectivity index is 2.15. The lowest BCUT2D eigenvalue weighted by Gasteiger charge is -2.11. The van der Waals surface area contributed by atoms with E-state index in [0.717, 1.165) is 11.4 Å². The number of rotatable bonds is 5. The minimum Gasteiger partial charge on any atom is -0.383 e. The number of hydrogen-bond acceptors (Lipinski definition) is 6. The first kappa shape index (κ1) is 15.2. The zero-order chi connectivity index (χ0) is 15.4. The predicted octanol–water partition coefficient (Wildman–Crippen LogP) is 2.69. The van der Waals surface area contributed by atoms with Crippen molar-refractivity contribution in [3.63, 3.8) is 0 Å². The van der Waals surface area contributed by atoms with Gasteiger partial charge in [-0.05, 0) is 26.0 Å². The maximum absolute atomic E-state index is 11.4. The van der Waals surface area contributed by atoms with Gasteiger partial charge in [0.05, 0.1) is 12.2 Å². The molecule has 0 saturated carbocycles. The molecule has 0 aromatic carbocycles. The van der Waals surface area contributed by atoms with E-state index >= 15 is 0 Å². The SMILES string of the molecule is CNc1c(Cl)ncnc1NCc1ccc(C(C)=O)c(C)n1. The van der Waals surface area contributed by atoms with Crippen LogP contribution in [0, 0.1) is 6.92 Å². The lowest BCUT2D eigenvalue weighted by Crippen LogP contribution is -2.08. The molecule has 0 bridgehead atoms. The first-order chi connectivity index (χ1) is 10.0. The van der Waals surface area contributed by atoms with Gasteiger partial charge in [-0.25, -0.2) is 9.97 Å². The molecule has 0 atom stereocenters. The first-order valence-electron chi connectivity index (χ1n) is 6.42. The molecule has 2 N–H and O–H groups in total. The normalized spacial score (nSPS) is 10.3. The molecule has 0 saturated heterocycles. The van der Waals surface area contributed by atoms with E-state index in [9.17, 15) is 4.79 Å². The number of nitrogens with one attached hydrogen (secondary N) is 2. The number of carbonyl (C=O) groups excluding carboxylic acids is 1. The quantitative estimate of drug-likeness (QED) is 0.653. The summed E-state index contributed by atoms with van der Waals surface area (Å²) in [7, 11) is 1.75. The second kappa shape index (κ2) is 6.49. The summed E-state index contributed by atoms with van der Waals surface area (Å²) in [6, 6.07) is 3.60. The van der Waals surface area contributed by atoms with E-state index in [0.29, 0.717) is 28.8 Å². The summed E-state index contributed by atoms with van der Waals surface area (Å²) in [5.74, 6) is 0.618. The molecular formula is C14H16ClN5O. The number of pyridine rings is 1. The van der Waals surface area contributed by atoms with Gasteiger partial charge >= 0.3 is 0 Å². The van der Waals surface area contributed by atoms with Crippen LogP contribution in [0.3, 0.4) is 0 Å². The second-order valence-electron chi connectivity index (χ2n) is 4.48. The van der Waals surface area contributed by atoms with Gasteiger partial charge in [-0.1, -0.05) is 11.6 Å². The molecule has 2 aromatic heterocycles. The third-order valence-corrected chi connectivity index (χ3v) is 3.30. The van der Waals surface area contributed by atoms with Crippen LogP contribution in [-0.2, 0) is 6.54 Å². The van der Waals surface area contributed by atoms with Crippen LogP contribution in [-0.4, -0.2) is 27.8 Å². The van der Waals surface area contributed by atoms with Crippen molar-refractivity contribution in [2.24, 2.45) is 0 Å². The van der Waals surface area contributed by atoms with E-state index in [1.807, 2.05) is 13.0 Å². The Labute approximate surface area is 128 Å². The third kappa shape index (κ3) is 3.46. The van der Waals surface area contributed by atoms with Gasteiger partial charge in [0.1, 0.15) is 12.0 Å². The highest BCUT2D eigenvalue weighted by Gasteiger charge is 2.09. The van der Waals surface area contributed by atoms with E-state index in [1.165, 1.54) is 13.3 Å². The Morgan fingerprint density at radius 1 is 1.33 bits per heavy atom. The summed E-state index contributed by atoms with van der Waals surface area (Å²) in [4.78, 5) is 23.8. The lowest BCUT2D eigenvalue weighted by molar-refractivity contribution is 0.101. The number of aromatic nitrogens is 3. The Morgan fingerprint density at radius 3 is 2.71 bits per heavy atom. The fourth-order valence-electron chi connectivity index (χ4n) is 1.98. The zero-order valence-electron chi connectivity index (χ0n) is 12.1. The number of Topliss-reactive ketones (excluding diaryl/α,β-unsaturated/α-hetero) is 1. The fourth-order valence-corrected chi connectivity index (χ4v) is 2.21.